The van der Waals surface area contributed by atoms with Gasteiger partial charge in [-0.15, -0.1) is 0 Å². The number of carbonyl (C=O) groups excluding carboxylic acids is 1. The third kappa shape index (κ3) is 1.29. The van der Waals surface area contributed by atoms with Crippen LogP contribution in [-0.2, 0) is 14.3 Å². The van der Waals surface area contributed by atoms with Gasteiger partial charge in [0.25, 0.3) is 0 Å². The van der Waals surface area contributed by atoms with Crippen LogP contribution in [0.5, 0.6) is 0 Å². The lowest BCUT2D eigenvalue weighted by molar-refractivity contribution is -0.192. The quantitative estimate of drug-likeness (QED) is 0.470. The highest BCUT2D eigenvalue weighted by molar-refractivity contribution is 5.74. The van der Waals surface area contributed by atoms with Crippen molar-refractivity contribution in [2.24, 2.45) is 0 Å². The summed E-state index contributed by atoms with van der Waals surface area (Å²) in [4.78, 5) is 10.8. The van der Waals surface area contributed by atoms with E-state index in [1.807, 2.05) is 13.8 Å². The standard InChI is InChI=1S/C7H12O3/c1-4-5(2)10-7(8)6(3)9-4/h4-6H,1-3H3/t4?,5-,6-/m0/s1. The average Bonchev–Trinajstić information content (AvgIpc) is 1.84. The second kappa shape index (κ2) is 2.58. The lowest BCUT2D eigenvalue weighted by Gasteiger charge is -2.29. The molecule has 1 aliphatic heterocycles. The minimum absolute atomic E-state index is 0.0210. The Balaban J connectivity index is 2.54. The van der Waals surface area contributed by atoms with E-state index >= 15 is 0 Å². The van der Waals surface area contributed by atoms with Crippen molar-refractivity contribution >= 4 is 5.97 Å². The van der Waals surface area contributed by atoms with E-state index in [1.165, 1.54) is 0 Å². The number of hydrogen-bond acceptors (Lipinski definition) is 3. The summed E-state index contributed by atoms with van der Waals surface area (Å²) in [5, 5.41) is 0. The summed E-state index contributed by atoms with van der Waals surface area (Å²) in [6, 6.07) is 0. The van der Waals surface area contributed by atoms with Crippen LogP contribution in [0.3, 0.4) is 0 Å². The Bertz CT molecular complexity index is 144. The van der Waals surface area contributed by atoms with Crippen LogP contribution in [0.2, 0.25) is 0 Å². The van der Waals surface area contributed by atoms with Crippen LogP contribution in [0.1, 0.15) is 20.8 Å². The van der Waals surface area contributed by atoms with Gasteiger partial charge < -0.3 is 9.47 Å². The van der Waals surface area contributed by atoms with Crippen LogP contribution in [0, 0.1) is 0 Å². The first kappa shape index (κ1) is 7.54. The zero-order valence-corrected chi connectivity index (χ0v) is 6.46. The van der Waals surface area contributed by atoms with Gasteiger partial charge in [-0.2, -0.15) is 0 Å². The molecule has 1 fully saturated rings. The molecule has 1 saturated heterocycles. The minimum atomic E-state index is -0.397. The molecule has 3 heteroatoms. The maximum absolute atomic E-state index is 10.8. The monoisotopic (exact) mass is 144 g/mol. The Morgan fingerprint density at radius 1 is 1.20 bits per heavy atom. The Kier molecular flexibility index (Phi) is 1.94. The van der Waals surface area contributed by atoms with Crippen LogP contribution in [0.4, 0.5) is 0 Å². The highest BCUT2D eigenvalue weighted by atomic mass is 16.6. The van der Waals surface area contributed by atoms with Gasteiger partial charge in [0.1, 0.15) is 6.10 Å². The van der Waals surface area contributed by atoms with E-state index in [-0.39, 0.29) is 18.2 Å². The largest absolute Gasteiger partial charge is 0.458 e. The number of hydrogen-bond donors (Lipinski definition) is 0. The summed E-state index contributed by atoms with van der Waals surface area (Å²) >= 11 is 0. The fourth-order valence-corrected chi connectivity index (χ4v) is 0.863. The van der Waals surface area contributed by atoms with E-state index in [1.54, 1.807) is 6.92 Å². The third-order valence-electron chi connectivity index (χ3n) is 1.71. The van der Waals surface area contributed by atoms with E-state index in [4.69, 9.17) is 9.47 Å². The van der Waals surface area contributed by atoms with Gasteiger partial charge in [0.2, 0.25) is 0 Å². The van der Waals surface area contributed by atoms with E-state index in [9.17, 15) is 4.79 Å². The summed E-state index contributed by atoms with van der Waals surface area (Å²) in [5.74, 6) is -0.259. The summed E-state index contributed by atoms with van der Waals surface area (Å²) in [6.07, 6.45) is -0.484. The van der Waals surface area contributed by atoms with Crippen LogP contribution in [0.15, 0.2) is 0 Å². The third-order valence-corrected chi connectivity index (χ3v) is 1.71. The molecule has 3 atom stereocenters. The molecule has 10 heavy (non-hydrogen) atoms. The molecule has 1 aliphatic rings. The van der Waals surface area contributed by atoms with Crippen LogP contribution in [-0.4, -0.2) is 24.3 Å². The van der Waals surface area contributed by atoms with Gasteiger partial charge in [0.15, 0.2) is 6.10 Å². The Labute approximate surface area is 60.3 Å². The van der Waals surface area contributed by atoms with Crippen molar-refractivity contribution in [1.29, 1.82) is 0 Å². The molecule has 0 aromatic carbocycles. The predicted octanol–water partition coefficient (Wildman–Crippen LogP) is 0.725. The van der Waals surface area contributed by atoms with Crippen LogP contribution < -0.4 is 0 Å². The molecule has 0 spiro atoms. The fraction of sp³-hybridized carbons (Fsp3) is 0.857. The molecule has 1 heterocycles. The molecule has 58 valence electrons. The number of carbonyl (C=O) groups is 1. The second-order valence-corrected chi connectivity index (χ2v) is 2.63. The molecule has 0 aromatic heterocycles. The molecule has 0 radical (unpaired) electrons. The van der Waals surface area contributed by atoms with Crippen molar-refractivity contribution < 1.29 is 14.3 Å². The number of rotatable bonds is 0. The van der Waals surface area contributed by atoms with Gasteiger partial charge >= 0.3 is 5.97 Å². The van der Waals surface area contributed by atoms with E-state index in [2.05, 4.69) is 0 Å². The zero-order valence-electron chi connectivity index (χ0n) is 6.46. The van der Waals surface area contributed by atoms with Crippen molar-refractivity contribution in [2.75, 3.05) is 0 Å². The first-order valence-electron chi connectivity index (χ1n) is 3.47. The predicted molar refractivity (Wildman–Crippen MR) is 35.6 cm³/mol. The maximum atomic E-state index is 10.8. The Morgan fingerprint density at radius 2 is 1.80 bits per heavy atom. The molecule has 3 nitrogen and oxygen atoms in total. The van der Waals surface area contributed by atoms with Crippen molar-refractivity contribution in [3.63, 3.8) is 0 Å². The van der Waals surface area contributed by atoms with E-state index in [0.29, 0.717) is 0 Å². The number of ether oxygens (including phenoxy) is 2. The molecular weight excluding hydrogens is 132 g/mol. The molecular formula is C7H12O3. The molecule has 0 bridgehead atoms. The Morgan fingerprint density at radius 3 is 2.30 bits per heavy atom. The van der Waals surface area contributed by atoms with Crippen LogP contribution in [0.25, 0.3) is 0 Å². The Hall–Kier alpha value is -0.570. The van der Waals surface area contributed by atoms with Gasteiger partial charge in [-0.1, -0.05) is 0 Å². The lowest BCUT2D eigenvalue weighted by Crippen LogP contribution is -2.42. The zero-order chi connectivity index (χ0) is 7.72. The van der Waals surface area contributed by atoms with Crippen molar-refractivity contribution in [3.05, 3.63) is 0 Å². The first-order valence-corrected chi connectivity index (χ1v) is 3.47. The van der Waals surface area contributed by atoms with Gasteiger partial charge in [-0.25, -0.2) is 4.79 Å². The second-order valence-electron chi connectivity index (χ2n) is 2.63. The van der Waals surface area contributed by atoms with Crippen LogP contribution >= 0.6 is 0 Å². The molecule has 0 N–H and O–H groups in total. The molecule has 0 aromatic rings. The maximum Gasteiger partial charge on any atom is 0.335 e. The summed E-state index contributed by atoms with van der Waals surface area (Å²) in [7, 11) is 0. The average molecular weight is 144 g/mol. The summed E-state index contributed by atoms with van der Waals surface area (Å²) in [5.41, 5.74) is 0. The van der Waals surface area contributed by atoms with Crippen molar-refractivity contribution in [3.8, 4) is 0 Å². The van der Waals surface area contributed by atoms with Gasteiger partial charge in [0.05, 0.1) is 6.10 Å². The van der Waals surface area contributed by atoms with Crippen molar-refractivity contribution in [2.45, 2.75) is 39.1 Å². The van der Waals surface area contributed by atoms with Gasteiger partial charge in [0, 0.05) is 0 Å². The molecule has 0 amide bonds. The van der Waals surface area contributed by atoms with E-state index in [0.717, 1.165) is 0 Å². The normalized spacial score (nSPS) is 41.1. The number of cyclic esters (lactones) is 1. The lowest BCUT2D eigenvalue weighted by atomic mass is 10.2. The molecule has 1 unspecified atom stereocenters. The highest BCUT2D eigenvalue weighted by Gasteiger charge is 2.30. The molecule has 0 aliphatic carbocycles. The molecule has 1 rings (SSSR count). The van der Waals surface area contributed by atoms with Gasteiger partial charge in [-0.05, 0) is 20.8 Å². The first-order chi connectivity index (χ1) is 4.61. The highest BCUT2D eigenvalue weighted by Crippen LogP contribution is 2.14. The topological polar surface area (TPSA) is 35.5 Å². The van der Waals surface area contributed by atoms with Gasteiger partial charge in [-0.3, -0.25) is 0 Å². The summed E-state index contributed by atoms with van der Waals surface area (Å²) < 4.78 is 10.2. The fourth-order valence-electron chi connectivity index (χ4n) is 0.863. The SMILES string of the molecule is CC1O[C@@H](C)C(=O)O[C@H]1C. The smallest absolute Gasteiger partial charge is 0.335 e. The van der Waals surface area contributed by atoms with Crippen molar-refractivity contribution in [1.82, 2.24) is 0 Å². The number of esters is 1. The van der Waals surface area contributed by atoms with E-state index < -0.39 is 6.10 Å². The minimum Gasteiger partial charge on any atom is -0.458 e. The molecule has 0 saturated carbocycles. The summed E-state index contributed by atoms with van der Waals surface area (Å²) in [6.45, 7) is 5.42.